The van der Waals surface area contributed by atoms with Crippen molar-refractivity contribution in [2.45, 2.75) is 19.3 Å². The van der Waals surface area contributed by atoms with Gasteiger partial charge in [0.2, 0.25) is 0 Å². The highest BCUT2D eigenvalue weighted by Crippen LogP contribution is 2.29. The maximum atomic E-state index is 13.3. The summed E-state index contributed by atoms with van der Waals surface area (Å²) in [6.07, 6.45) is 3.14. The van der Waals surface area contributed by atoms with E-state index < -0.39 is 5.82 Å². The minimum Gasteiger partial charge on any atom is -0.339 e. The Morgan fingerprint density at radius 2 is 1.94 bits per heavy atom. The molecule has 1 saturated heterocycles. The van der Waals surface area contributed by atoms with Gasteiger partial charge in [-0.3, -0.25) is 4.79 Å². The standard InChI is InChI=1S/C12H12BrClFNO/c13-10-7-8(15)6-9(11(10)14)12(17)16-4-2-1-3-5-16/h6-7H,1-5H2. The molecule has 0 aliphatic carbocycles. The van der Waals surface area contributed by atoms with Crippen molar-refractivity contribution >= 4 is 33.4 Å². The van der Waals surface area contributed by atoms with Crippen LogP contribution >= 0.6 is 27.5 Å². The van der Waals surface area contributed by atoms with Gasteiger partial charge in [0, 0.05) is 17.6 Å². The summed E-state index contributed by atoms with van der Waals surface area (Å²) in [6, 6.07) is 2.46. The zero-order chi connectivity index (χ0) is 12.4. The summed E-state index contributed by atoms with van der Waals surface area (Å²) in [5.74, 6) is -0.642. The third-order valence-corrected chi connectivity index (χ3v) is 4.13. The number of nitrogens with zero attached hydrogens (tertiary/aromatic N) is 1. The SMILES string of the molecule is O=C(c1cc(F)cc(Br)c1Cl)N1CCCCC1. The van der Waals surface area contributed by atoms with Crippen molar-refractivity contribution in [1.82, 2.24) is 4.90 Å². The van der Waals surface area contributed by atoms with E-state index in [0.717, 1.165) is 32.4 Å². The summed E-state index contributed by atoms with van der Waals surface area (Å²) < 4.78 is 13.7. The van der Waals surface area contributed by atoms with Gasteiger partial charge in [-0.1, -0.05) is 11.6 Å². The quantitative estimate of drug-likeness (QED) is 0.719. The molecule has 0 atom stereocenters. The lowest BCUT2D eigenvalue weighted by Gasteiger charge is -2.27. The van der Waals surface area contributed by atoms with Crippen LogP contribution in [-0.4, -0.2) is 23.9 Å². The molecule has 1 fully saturated rings. The molecular weight excluding hydrogens is 308 g/mol. The lowest BCUT2D eigenvalue weighted by atomic mass is 10.1. The Labute approximate surface area is 113 Å². The van der Waals surface area contributed by atoms with Gasteiger partial charge < -0.3 is 4.90 Å². The average Bonchev–Trinajstić information content (AvgIpc) is 2.34. The molecule has 1 amide bonds. The van der Waals surface area contributed by atoms with E-state index >= 15 is 0 Å². The first-order chi connectivity index (χ1) is 8.09. The minimum absolute atomic E-state index is 0.185. The Hall–Kier alpha value is -0.610. The van der Waals surface area contributed by atoms with Crippen LogP contribution in [0.5, 0.6) is 0 Å². The van der Waals surface area contributed by atoms with Crippen LogP contribution in [0.15, 0.2) is 16.6 Å². The van der Waals surface area contributed by atoms with Crippen LogP contribution in [0.4, 0.5) is 4.39 Å². The number of piperidine rings is 1. The first-order valence-corrected chi connectivity index (χ1v) is 6.70. The number of benzene rings is 1. The molecule has 1 heterocycles. The fourth-order valence-corrected chi connectivity index (χ4v) is 2.60. The summed E-state index contributed by atoms with van der Waals surface area (Å²) in [7, 11) is 0. The van der Waals surface area contributed by atoms with Gasteiger partial charge in [-0.25, -0.2) is 4.39 Å². The summed E-state index contributed by atoms with van der Waals surface area (Å²) in [6.45, 7) is 1.45. The van der Waals surface area contributed by atoms with Gasteiger partial charge in [-0.15, -0.1) is 0 Å². The van der Waals surface area contributed by atoms with Gasteiger partial charge in [-0.05, 0) is 47.3 Å². The Kier molecular flexibility index (Phi) is 4.05. The van der Waals surface area contributed by atoms with Gasteiger partial charge in [0.1, 0.15) is 5.82 Å². The van der Waals surface area contributed by atoms with Gasteiger partial charge in [0.25, 0.3) is 5.91 Å². The van der Waals surface area contributed by atoms with E-state index in [4.69, 9.17) is 11.6 Å². The molecular formula is C12H12BrClFNO. The molecule has 0 aromatic heterocycles. The highest BCUT2D eigenvalue weighted by atomic mass is 79.9. The number of carbonyl (C=O) groups is 1. The molecule has 2 nitrogen and oxygen atoms in total. The maximum Gasteiger partial charge on any atom is 0.255 e. The van der Waals surface area contributed by atoms with E-state index in [2.05, 4.69) is 15.9 Å². The summed E-state index contributed by atoms with van der Waals surface area (Å²) in [4.78, 5) is 13.9. The molecule has 17 heavy (non-hydrogen) atoms. The first kappa shape index (κ1) is 12.8. The van der Waals surface area contributed by atoms with Gasteiger partial charge in [0.15, 0.2) is 0 Å². The number of carbonyl (C=O) groups excluding carboxylic acids is 1. The topological polar surface area (TPSA) is 20.3 Å². The van der Waals surface area contributed by atoms with Crippen LogP contribution in [0.2, 0.25) is 5.02 Å². The normalized spacial score (nSPS) is 16.1. The molecule has 1 aromatic rings. The molecule has 1 aromatic carbocycles. The molecule has 0 unspecified atom stereocenters. The monoisotopic (exact) mass is 319 g/mol. The van der Waals surface area contributed by atoms with Crippen molar-refractivity contribution in [3.05, 3.63) is 33.0 Å². The minimum atomic E-state index is -0.457. The van der Waals surface area contributed by atoms with Crippen LogP contribution in [0.3, 0.4) is 0 Å². The molecule has 1 aliphatic rings. The molecule has 2 rings (SSSR count). The number of hydrogen-bond donors (Lipinski definition) is 0. The van der Waals surface area contributed by atoms with Crippen LogP contribution in [0.1, 0.15) is 29.6 Å². The van der Waals surface area contributed by atoms with Crippen molar-refractivity contribution in [1.29, 1.82) is 0 Å². The number of hydrogen-bond acceptors (Lipinski definition) is 1. The number of likely N-dealkylation sites (tertiary alicyclic amines) is 1. The van der Waals surface area contributed by atoms with E-state index in [1.165, 1.54) is 12.1 Å². The van der Waals surface area contributed by atoms with Crippen molar-refractivity contribution < 1.29 is 9.18 Å². The zero-order valence-corrected chi connectivity index (χ0v) is 11.5. The Morgan fingerprint density at radius 1 is 1.29 bits per heavy atom. The number of amides is 1. The second-order valence-corrected chi connectivity index (χ2v) is 5.33. The van der Waals surface area contributed by atoms with Crippen molar-refractivity contribution in [3.63, 3.8) is 0 Å². The lowest BCUT2D eigenvalue weighted by molar-refractivity contribution is 0.0724. The highest BCUT2D eigenvalue weighted by Gasteiger charge is 2.22. The van der Waals surface area contributed by atoms with Gasteiger partial charge in [-0.2, -0.15) is 0 Å². The Morgan fingerprint density at radius 3 is 2.59 bits per heavy atom. The second kappa shape index (κ2) is 5.36. The van der Waals surface area contributed by atoms with E-state index in [1.807, 2.05) is 0 Å². The van der Waals surface area contributed by atoms with E-state index in [-0.39, 0.29) is 16.5 Å². The molecule has 0 saturated carbocycles. The van der Waals surface area contributed by atoms with E-state index in [9.17, 15) is 9.18 Å². The summed E-state index contributed by atoms with van der Waals surface area (Å²) in [5, 5.41) is 0.280. The molecule has 0 radical (unpaired) electrons. The predicted octanol–water partition coefficient (Wildman–Crippen LogP) is 3.87. The fraction of sp³-hybridized carbons (Fsp3) is 0.417. The molecule has 0 N–H and O–H groups in total. The fourth-order valence-electron chi connectivity index (χ4n) is 1.98. The molecule has 0 spiro atoms. The number of halogens is 3. The molecule has 1 aliphatic heterocycles. The third-order valence-electron chi connectivity index (χ3n) is 2.87. The maximum absolute atomic E-state index is 13.3. The Bertz CT molecular complexity index is 446. The van der Waals surface area contributed by atoms with Crippen molar-refractivity contribution in [3.8, 4) is 0 Å². The van der Waals surface area contributed by atoms with E-state index in [1.54, 1.807) is 4.90 Å². The van der Waals surface area contributed by atoms with Gasteiger partial charge >= 0.3 is 0 Å². The van der Waals surface area contributed by atoms with Crippen molar-refractivity contribution in [2.75, 3.05) is 13.1 Å². The van der Waals surface area contributed by atoms with E-state index in [0.29, 0.717) is 4.47 Å². The first-order valence-electron chi connectivity index (χ1n) is 5.53. The van der Waals surface area contributed by atoms with Crippen molar-refractivity contribution in [2.24, 2.45) is 0 Å². The highest BCUT2D eigenvalue weighted by molar-refractivity contribution is 9.10. The Balaban J connectivity index is 2.29. The van der Waals surface area contributed by atoms with Crippen LogP contribution in [0, 0.1) is 5.82 Å². The zero-order valence-electron chi connectivity index (χ0n) is 9.18. The van der Waals surface area contributed by atoms with Crippen LogP contribution < -0.4 is 0 Å². The molecule has 0 bridgehead atoms. The molecule has 92 valence electrons. The summed E-state index contributed by atoms with van der Waals surface area (Å²) in [5.41, 5.74) is 0.237. The lowest BCUT2D eigenvalue weighted by Crippen LogP contribution is -2.35. The average molecular weight is 321 g/mol. The molecule has 5 heteroatoms. The van der Waals surface area contributed by atoms with Gasteiger partial charge in [0.05, 0.1) is 10.6 Å². The second-order valence-electron chi connectivity index (χ2n) is 4.10. The largest absolute Gasteiger partial charge is 0.339 e. The summed E-state index contributed by atoms with van der Waals surface area (Å²) >= 11 is 9.16. The smallest absolute Gasteiger partial charge is 0.255 e. The van der Waals surface area contributed by atoms with Crippen LogP contribution in [0.25, 0.3) is 0 Å². The number of rotatable bonds is 1. The third kappa shape index (κ3) is 2.80. The van der Waals surface area contributed by atoms with Crippen LogP contribution in [-0.2, 0) is 0 Å². The predicted molar refractivity (Wildman–Crippen MR) is 68.9 cm³/mol.